The fraction of sp³-hybridized carbons (Fsp3) is 0.300. The van der Waals surface area contributed by atoms with Crippen molar-refractivity contribution in [1.82, 2.24) is 4.57 Å². The van der Waals surface area contributed by atoms with Crippen LogP contribution in [0.1, 0.15) is 24.2 Å². The molecule has 6 nitrogen and oxygen atoms in total. The number of hydrogen-bond donors (Lipinski definition) is 0. The summed E-state index contributed by atoms with van der Waals surface area (Å²) in [6.45, 7) is 4.89. The summed E-state index contributed by atoms with van der Waals surface area (Å²) >= 11 is 4.69. The summed E-state index contributed by atoms with van der Waals surface area (Å²) in [4.78, 5) is 29.5. The lowest BCUT2D eigenvalue weighted by atomic mass is 10.2. The number of nitro benzene ring substituents is 1. The van der Waals surface area contributed by atoms with Crippen molar-refractivity contribution in [3.8, 4) is 0 Å². The van der Waals surface area contributed by atoms with E-state index >= 15 is 0 Å². The van der Waals surface area contributed by atoms with Crippen molar-refractivity contribution in [2.75, 3.05) is 12.0 Å². The Labute approximate surface area is 181 Å². The first kappa shape index (κ1) is 21.6. The molecule has 1 heterocycles. The minimum atomic E-state index is -0.411. The molecule has 9 heteroatoms. The molecule has 0 saturated heterocycles. The van der Waals surface area contributed by atoms with E-state index in [9.17, 15) is 14.9 Å². The molecule has 0 bridgehead atoms. The number of non-ortho nitro benzene ring substituents is 1. The second kappa shape index (κ2) is 9.60. The van der Waals surface area contributed by atoms with Gasteiger partial charge >= 0.3 is 0 Å². The molecular formula is C20H21N3O3S3. The van der Waals surface area contributed by atoms with E-state index in [4.69, 9.17) is 0 Å². The molecule has 152 valence electrons. The Bertz CT molecular complexity index is 1120. The normalized spacial score (nSPS) is 12.1. The van der Waals surface area contributed by atoms with E-state index in [1.54, 1.807) is 41.7 Å². The Balaban J connectivity index is 2.05. The fourth-order valence-electron chi connectivity index (χ4n) is 2.79. The third kappa shape index (κ3) is 5.29. The molecular weight excluding hydrogens is 426 g/mol. The van der Waals surface area contributed by atoms with Gasteiger partial charge in [-0.05, 0) is 30.5 Å². The number of rotatable bonds is 7. The summed E-state index contributed by atoms with van der Waals surface area (Å²) in [6, 6.07) is 12.2. The topological polar surface area (TPSA) is 77.5 Å². The van der Waals surface area contributed by atoms with Crippen LogP contribution < -0.4 is 4.80 Å². The first-order valence-corrected chi connectivity index (χ1v) is 12.1. The summed E-state index contributed by atoms with van der Waals surface area (Å²) in [5, 5.41) is 11.5. The molecule has 1 aromatic heterocycles. The Hall–Kier alpha value is -2.10. The smallest absolute Gasteiger partial charge is 0.279 e. The van der Waals surface area contributed by atoms with Gasteiger partial charge in [-0.1, -0.05) is 31.3 Å². The lowest BCUT2D eigenvalue weighted by Gasteiger charge is -2.06. The zero-order valence-electron chi connectivity index (χ0n) is 16.3. The Kier molecular flexibility index (Phi) is 7.15. The number of carbonyl (C=O) groups excluding carboxylic acids is 1. The molecule has 0 radical (unpaired) electrons. The second-order valence-corrected chi connectivity index (χ2v) is 10.2. The highest BCUT2D eigenvalue weighted by Gasteiger charge is 2.13. The first-order valence-electron chi connectivity index (χ1n) is 9.01. The van der Waals surface area contributed by atoms with Gasteiger partial charge in [-0.25, -0.2) is 0 Å². The number of thioether (sulfide) groups is 2. The van der Waals surface area contributed by atoms with E-state index in [0.29, 0.717) is 22.2 Å². The van der Waals surface area contributed by atoms with Crippen LogP contribution in [0.4, 0.5) is 5.69 Å². The van der Waals surface area contributed by atoms with Crippen LogP contribution in [0.5, 0.6) is 0 Å². The highest BCUT2D eigenvalue weighted by atomic mass is 32.2. The van der Waals surface area contributed by atoms with E-state index in [2.05, 4.69) is 18.8 Å². The highest BCUT2D eigenvalue weighted by molar-refractivity contribution is 7.99. The van der Waals surface area contributed by atoms with Gasteiger partial charge in [-0.2, -0.15) is 16.8 Å². The molecule has 3 aromatic rings. The number of benzene rings is 2. The largest absolute Gasteiger partial charge is 0.315 e. The van der Waals surface area contributed by atoms with Crippen molar-refractivity contribution in [2.45, 2.75) is 30.5 Å². The van der Waals surface area contributed by atoms with Gasteiger partial charge in [0.2, 0.25) is 0 Å². The van der Waals surface area contributed by atoms with E-state index in [1.807, 2.05) is 29.0 Å². The van der Waals surface area contributed by atoms with Crippen molar-refractivity contribution in [3.63, 3.8) is 0 Å². The van der Waals surface area contributed by atoms with Gasteiger partial charge in [0.25, 0.3) is 11.6 Å². The van der Waals surface area contributed by atoms with Crippen LogP contribution >= 0.6 is 34.9 Å². The van der Waals surface area contributed by atoms with Gasteiger partial charge in [-0.15, -0.1) is 11.8 Å². The Morgan fingerprint density at radius 1 is 1.28 bits per heavy atom. The molecule has 0 atom stereocenters. The molecule has 3 rings (SSSR count). The van der Waals surface area contributed by atoms with Crippen molar-refractivity contribution < 1.29 is 9.72 Å². The number of nitro groups is 1. The average Bonchev–Trinajstić information content (AvgIpc) is 3.02. The molecule has 0 aliphatic carbocycles. The molecule has 0 aliphatic rings. The number of fused-ring (bicyclic) bond motifs is 1. The number of hydrogen-bond acceptors (Lipinski definition) is 6. The third-order valence-electron chi connectivity index (χ3n) is 4.05. The molecule has 29 heavy (non-hydrogen) atoms. The second-order valence-electron chi connectivity index (χ2n) is 6.55. The van der Waals surface area contributed by atoms with Crippen LogP contribution in [-0.4, -0.2) is 32.7 Å². The molecule has 2 aromatic carbocycles. The van der Waals surface area contributed by atoms with Crippen LogP contribution in [-0.2, 0) is 6.54 Å². The van der Waals surface area contributed by atoms with Crippen LogP contribution in [0, 0.1) is 10.1 Å². The molecule has 1 amide bonds. The monoisotopic (exact) mass is 447 g/mol. The summed E-state index contributed by atoms with van der Waals surface area (Å²) in [7, 11) is 0. The van der Waals surface area contributed by atoms with Gasteiger partial charge < -0.3 is 4.57 Å². The third-order valence-corrected chi connectivity index (χ3v) is 6.68. The Morgan fingerprint density at radius 3 is 2.76 bits per heavy atom. The number of aryl methyl sites for hydroxylation is 1. The number of nitrogens with zero attached hydrogens (tertiary/aromatic N) is 3. The lowest BCUT2D eigenvalue weighted by Crippen LogP contribution is -2.18. The standard InChI is InChI=1S/C20H21N3O3S3/c1-13(2)28-16-6-4-5-14(11-16)19(24)21-20-22(9-10-27-3)17-8-7-15(23(25)26)12-18(17)29-20/h4-8,11-13H,9-10H2,1-3H3. The van der Waals surface area contributed by atoms with Crippen LogP contribution in [0.15, 0.2) is 52.4 Å². The molecule has 0 aliphatic heterocycles. The predicted molar refractivity (Wildman–Crippen MR) is 122 cm³/mol. The van der Waals surface area contributed by atoms with E-state index < -0.39 is 4.92 Å². The number of aromatic nitrogens is 1. The molecule has 0 spiro atoms. The van der Waals surface area contributed by atoms with E-state index in [0.717, 1.165) is 20.9 Å². The number of thiazole rings is 1. The van der Waals surface area contributed by atoms with E-state index in [-0.39, 0.29) is 11.6 Å². The summed E-state index contributed by atoms with van der Waals surface area (Å²) in [6.07, 6.45) is 2.01. The van der Waals surface area contributed by atoms with Crippen molar-refractivity contribution in [2.24, 2.45) is 4.99 Å². The SMILES string of the molecule is CSCCn1c(=NC(=O)c2cccc(SC(C)C)c2)sc2cc([N+](=O)[O-])ccc21. The van der Waals surface area contributed by atoms with Gasteiger partial charge in [-0.3, -0.25) is 14.9 Å². The molecule has 0 N–H and O–H groups in total. The van der Waals surface area contributed by atoms with Gasteiger partial charge in [0.15, 0.2) is 4.80 Å². The van der Waals surface area contributed by atoms with Gasteiger partial charge in [0, 0.05) is 40.1 Å². The van der Waals surface area contributed by atoms with Crippen molar-refractivity contribution in [3.05, 3.63) is 62.9 Å². The minimum Gasteiger partial charge on any atom is -0.315 e. The molecule has 0 saturated carbocycles. The van der Waals surface area contributed by atoms with Crippen molar-refractivity contribution >= 4 is 56.7 Å². The maximum Gasteiger partial charge on any atom is 0.279 e. The van der Waals surface area contributed by atoms with Crippen LogP contribution in [0.3, 0.4) is 0 Å². The van der Waals surface area contributed by atoms with Crippen LogP contribution in [0.2, 0.25) is 0 Å². The quantitative estimate of drug-likeness (QED) is 0.282. The van der Waals surface area contributed by atoms with Gasteiger partial charge in [0.1, 0.15) is 0 Å². The maximum atomic E-state index is 12.8. The fourth-order valence-corrected chi connectivity index (χ4v) is 5.13. The molecule has 0 unspecified atom stereocenters. The highest BCUT2D eigenvalue weighted by Crippen LogP contribution is 2.25. The summed E-state index contributed by atoms with van der Waals surface area (Å²) in [5.41, 5.74) is 1.42. The number of carbonyl (C=O) groups is 1. The minimum absolute atomic E-state index is 0.0343. The van der Waals surface area contributed by atoms with Crippen LogP contribution in [0.25, 0.3) is 10.2 Å². The number of amides is 1. The zero-order chi connectivity index (χ0) is 21.0. The first-order chi connectivity index (χ1) is 13.9. The Morgan fingerprint density at radius 2 is 2.07 bits per heavy atom. The maximum absolute atomic E-state index is 12.8. The summed E-state index contributed by atoms with van der Waals surface area (Å²) in [5.74, 6) is 0.542. The summed E-state index contributed by atoms with van der Waals surface area (Å²) < 4.78 is 2.71. The average molecular weight is 448 g/mol. The van der Waals surface area contributed by atoms with E-state index in [1.165, 1.54) is 17.4 Å². The zero-order valence-corrected chi connectivity index (χ0v) is 18.8. The van der Waals surface area contributed by atoms with Gasteiger partial charge in [0.05, 0.1) is 15.1 Å². The van der Waals surface area contributed by atoms with Crippen molar-refractivity contribution in [1.29, 1.82) is 0 Å². The molecule has 0 fully saturated rings. The predicted octanol–water partition coefficient (Wildman–Crippen LogP) is 5.22. The lowest BCUT2D eigenvalue weighted by molar-refractivity contribution is -0.384.